The summed E-state index contributed by atoms with van der Waals surface area (Å²) < 4.78 is 29.8. The summed E-state index contributed by atoms with van der Waals surface area (Å²) in [6, 6.07) is 8.02. The van der Waals surface area contributed by atoms with Crippen LogP contribution in [0.5, 0.6) is 11.5 Å². The van der Waals surface area contributed by atoms with Crippen LogP contribution in [-0.4, -0.2) is 29.2 Å². The van der Waals surface area contributed by atoms with Gasteiger partial charge in [0.05, 0.1) is 31.6 Å². The lowest BCUT2D eigenvalue weighted by Crippen LogP contribution is -2.04. The maximum Gasteiger partial charge on any atom is 0.417 e. The molecule has 0 saturated heterocycles. The summed E-state index contributed by atoms with van der Waals surface area (Å²) in [6.45, 7) is 0. The zero-order valence-corrected chi connectivity index (χ0v) is 16.5. The van der Waals surface area contributed by atoms with Crippen LogP contribution in [0.2, 0.25) is 5.02 Å². The van der Waals surface area contributed by atoms with Gasteiger partial charge in [0, 0.05) is 5.69 Å². The number of rotatable bonds is 6. The maximum atomic E-state index is 14.7. The molecule has 2 aromatic heterocycles. The Hall–Kier alpha value is -3.79. The molecule has 0 aliphatic carbocycles. The summed E-state index contributed by atoms with van der Waals surface area (Å²) >= 11 is 6.19. The quantitative estimate of drug-likeness (QED) is 0.416. The molecule has 4 rings (SSSR count). The summed E-state index contributed by atoms with van der Waals surface area (Å²) in [4.78, 5) is 22.2. The van der Waals surface area contributed by atoms with Crippen LogP contribution < -0.4 is 25.9 Å². The fraction of sp³-hybridized carbons (Fsp3) is 0.105. The van der Waals surface area contributed by atoms with E-state index in [4.69, 9.17) is 25.5 Å². The topological polar surface area (TPSA) is 114 Å². The van der Waals surface area contributed by atoms with Gasteiger partial charge in [-0.25, -0.2) is 14.2 Å². The van der Waals surface area contributed by atoms with Gasteiger partial charge >= 0.3 is 5.76 Å². The first kappa shape index (κ1) is 19.5. The standard InChI is InChI=1S/C19H15ClFN5O4/c1-28-14-6-4-11(15(21)16(14)29-2)24-18-22-8-10(20)17(26-18)23-9-3-5-13-12(7-9)25-19(27)30-13/h3-8H,1-2H3,(H,25,27)(H2,22,23,24,26). The highest BCUT2D eigenvalue weighted by Gasteiger charge is 2.16. The van der Waals surface area contributed by atoms with Gasteiger partial charge in [0.1, 0.15) is 5.02 Å². The van der Waals surface area contributed by atoms with Gasteiger partial charge in [0.15, 0.2) is 28.7 Å². The van der Waals surface area contributed by atoms with E-state index in [0.717, 1.165) is 0 Å². The molecule has 0 radical (unpaired) electrons. The van der Waals surface area contributed by atoms with E-state index in [1.807, 2.05) is 0 Å². The minimum atomic E-state index is -0.653. The van der Waals surface area contributed by atoms with Gasteiger partial charge in [-0.2, -0.15) is 4.98 Å². The molecule has 0 spiro atoms. The predicted octanol–water partition coefficient (Wildman–Crippen LogP) is 4.21. The second-order valence-electron chi connectivity index (χ2n) is 6.03. The molecule has 11 heteroatoms. The number of benzene rings is 2. The van der Waals surface area contributed by atoms with E-state index in [0.29, 0.717) is 16.8 Å². The molecule has 0 amide bonds. The van der Waals surface area contributed by atoms with Crippen molar-refractivity contribution in [1.29, 1.82) is 0 Å². The maximum absolute atomic E-state index is 14.7. The third-order valence-electron chi connectivity index (χ3n) is 4.16. The van der Waals surface area contributed by atoms with E-state index in [-0.39, 0.29) is 34.0 Å². The molecule has 0 aliphatic rings. The monoisotopic (exact) mass is 431 g/mol. The first-order chi connectivity index (χ1) is 14.5. The molecule has 2 aromatic carbocycles. The largest absolute Gasteiger partial charge is 0.493 e. The second kappa shape index (κ2) is 7.91. The number of hydrogen-bond donors (Lipinski definition) is 3. The Labute approximate surface area is 173 Å². The minimum Gasteiger partial charge on any atom is -0.493 e. The van der Waals surface area contributed by atoms with Gasteiger partial charge in [-0.1, -0.05) is 11.6 Å². The number of nitrogens with zero attached hydrogens (tertiary/aromatic N) is 2. The number of nitrogens with one attached hydrogen (secondary N) is 3. The van der Waals surface area contributed by atoms with E-state index in [9.17, 15) is 9.18 Å². The van der Waals surface area contributed by atoms with Crippen LogP contribution in [0.1, 0.15) is 0 Å². The van der Waals surface area contributed by atoms with Crippen molar-refractivity contribution in [1.82, 2.24) is 15.0 Å². The van der Waals surface area contributed by atoms with Crippen molar-refractivity contribution in [3.8, 4) is 11.5 Å². The normalized spacial score (nSPS) is 10.8. The van der Waals surface area contributed by atoms with Crippen molar-refractivity contribution in [2.75, 3.05) is 24.9 Å². The third kappa shape index (κ3) is 3.72. The number of halogens is 2. The van der Waals surface area contributed by atoms with Gasteiger partial charge in [0.2, 0.25) is 5.95 Å². The Morgan fingerprint density at radius 3 is 2.77 bits per heavy atom. The number of anilines is 4. The van der Waals surface area contributed by atoms with Crippen molar-refractivity contribution < 1.29 is 18.3 Å². The fourth-order valence-electron chi connectivity index (χ4n) is 2.79. The lowest BCUT2D eigenvalue weighted by Gasteiger charge is -2.13. The van der Waals surface area contributed by atoms with E-state index in [2.05, 4.69) is 25.6 Å². The van der Waals surface area contributed by atoms with E-state index >= 15 is 0 Å². The summed E-state index contributed by atoms with van der Waals surface area (Å²) in [5.74, 6) is -0.610. The first-order valence-corrected chi connectivity index (χ1v) is 8.96. The number of ether oxygens (including phenoxy) is 2. The molecule has 0 aliphatic heterocycles. The molecule has 0 bridgehead atoms. The molecule has 30 heavy (non-hydrogen) atoms. The minimum absolute atomic E-state index is 0.0442. The molecule has 3 N–H and O–H groups in total. The molecular formula is C19H15ClFN5O4. The summed E-state index contributed by atoms with van der Waals surface area (Å²) in [5.41, 5.74) is 1.63. The zero-order chi connectivity index (χ0) is 21.3. The Bertz CT molecular complexity index is 1290. The van der Waals surface area contributed by atoms with Crippen molar-refractivity contribution in [2.45, 2.75) is 0 Å². The smallest absolute Gasteiger partial charge is 0.417 e. The Kier molecular flexibility index (Phi) is 5.15. The van der Waals surface area contributed by atoms with Gasteiger partial charge in [-0.15, -0.1) is 0 Å². The van der Waals surface area contributed by atoms with Crippen molar-refractivity contribution >= 4 is 45.8 Å². The molecule has 2 heterocycles. The first-order valence-electron chi connectivity index (χ1n) is 8.58. The lowest BCUT2D eigenvalue weighted by atomic mass is 10.2. The third-order valence-corrected chi connectivity index (χ3v) is 4.43. The Morgan fingerprint density at radius 1 is 1.17 bits per heavy atom. The number of oxazole rings is 1. The van der Waals surface area contributed by atoms with Crippen LogP contribution in [0.25, 0.3) is 11.1 Å². The number of H-pyrrole nitrogens is 1. The molecular weight excluding hydrogens is 417 g/mol. The number of fused-ring (bicyclic) bond motifs is 1. The summed E-state index contributed by atoms with van der Waals surface area (Å²) in [6.07, 6.45) is 1.37. The van der Waals surface area contributed by atoms with Gasteiger partial charge in [-0.3, -0.25) is 4.98 Å². The predicted molar refractivity (Wildman–Crippen MR) is 110 cm³/mol. The number of aromatic amines is 1. The van der Waals surface area contributed by atoms with E-state index < -0.39 is 11.6 Å². The van der Waals surface area contributed by atoms with Crippen LogP contribution in [0.4, 0.5) is 27.5 Å². The molecule has 0 unspecified atom stereocenters. The lowest BCUT2D eigenvalue weighted by molar-refractivity contribution is 0.338. The SMILES string of the molecule is COc1ccc(Nc2ncc(Cl)c(Nc3ccc4oc(=O)[nH]c4c3)n2)c(F)c1OC. The summed E-state index contributed by atoms with van der Waals surface area (Å²) in [5, 5.41) is 6.07. The van der Waals surface area contributed by atoms with Gasteiger partial charge < -0.3 is 24.5 Å². The average molecular weight is 432 g/mol. The highest BCUT2D eigenvalue weighted by atomic mass is 35.5. The number of hydrogen-bond acceptors (Lipinski definition) is 8. The van der Waals surface area contributed by atoms with Crippen molar-refractivity contribution in [3.63, 3.8) is 0 Å². The highest BCUT2D eigenvalue weighted by molar-refractivity contribution is 6.32. The fourth-order valence-corrected chi connectivity index (χ4v) is 2.93. The zero-order valence-electron chi connectivity index (χ0n) is 15.7. The van der Waals surface area contributed by atoms with Crippen LogP contribution in [0.3, 0.4) is 0 Å². The van der Waals surface area contributed by atoms with Crippen molar-refractivity contribution in [3.05, 3.63) is 57.9 Å². The average Bonchev–Trinajstić information content (AvgIpc) is 3.11. The van der Waals surface area contributed by atoms with Crippen LogP contribution in [0, 0.1) is 5.82 Å². The molecule has 0 fully saturated rings. The van der Waals surface area contributed by atoms with Crippen LogP contribution >= 0.6 is 11.6 Å². The van der Waals surface area contributed by atoms with Crippen LogP contribution in [0.15, 0.2) is 45.7 Å². The Morgan fingerprint density at radius 2 is 2.00 bits per heavy atom. The van der Waals surface area contributed by atoms with E-state index in [1.165, 1.54) is 26.5 Å². The van der Waals surface area contributed by atoms with Gasteiger partial charge in [0.25, 0.3) is 0 Å². The highest BCUT2D eigenvalue weighted by Crippen LogP contribution is 2.35. The van der Waals surface area contributed by atoms with Crippen LogP contribution in [-0.2, 0) is 0 Å². The molecule has 4 aromatic rings. The van der Waals surface area contributed by atoms with E-state index in [1.54, 1.807) is 24.3 Å². The molecule has 9 nitrogen and oxygen atoms in total. The Balaban J connectivity index is 1.62. The molecule has 154 valence electrons. The van der Waals surface area contributed by atoms with Gasteiger partial charge in [-0.05, 0) is 30.3 Å². The number of methoxy groups -OCH3 is 2. The van der Waals surface area contributed by atoms with Crippen molar-refractivity contribution in [2.24, 2.45) is 0 Å². The molecule has 0 atom stereocenters. The number of aromatic nitrogens is 3. The molecule has 0 saturated carbocycles. The second-order valence-corrected chi connectivity index (χ2v) is 6.44. The summed E-state index contributed by atoms with van der Waals surface area (Å²) in [7, 11) is 2.76.